The van der Waals surface area contributed by atoms with Crippen molar-refractivity contribution < 1.29 is 9.47 Å². The van der Waals surface area contributed by atoms with E-state index in [2.05, 4.69) is 32.2 Å². The van der Waals surface area contributed by atoms with Crippen LogP contribution in [0.4, 0.5) is 5.69 Å². The van der Waals surface area contributed by atoms with E-state index in [1.54, 1.807) is 14.2 Å². The van der Waals surface area contributed by atoms with Crippen LogP contribution in [0.5, 0.6) is 5.75 Å². The van der Waals surface area contributed by atoms with Crippen molar-refractivity contribution in [1.82, 2.24) is 10.2 Å². The summed E-state index contributed by atoms with van der Waals surface area (Å²) < 4.78 is 10.4. The number of hydrogen-bond acceptors (Lipinski definition) is 4. The van der Waals surface area contributed by atoms with E-state index >= 15 is 0 Å². The predicted molar refractivity (Wildman–Crippen MR) is 110 cm³/mol. The molecule has 0 radical (unpaired) electrons. The molecule has 1 aliphatic heterocycles. The van der Waals surface area contributed by atoms with Crippen LogP contribution in [0.2, 0.25) is 0 Å². The van der Waals surface area contributed by atoms with Gasteiger partial charge in [0.25, 0.3) is 0 Å². The number of rotatable bonds is 6. The Kier molecular flexibility index (Phi) is 9.85. The quantitative estimate of drug-likeness (QED) is 0.313. The van der Waals surface area contributed by atoms with E-state index < -0.39 is 0 Å². The minimum atomic E-state index is 0. The van der Waals surface area contributed by atoms with Gasteiger partial charge in [-0.2, -0.15) is 0 Å². The lowest BCUT2D eigenvalue weighted by molar-refractivity contribution is 0.195. The summed E-state index contributed by atoms with van der Waals surface area (Å²) >= 11 is 0. The zero-order valence-corrected chi connectivity index (χ0v) is 17.2. The fourth-order valence-electron chi connectivity index (χ4n) is 2.73. The Bertz CT molecular complexity index is 505. The average molecular weight is 448 g/mol. The van der Waals surface area contributed by atoms with Crippen LogP contribution in [0.3, 0.4) is 0 Å². The van der Waals surface area contributed by atoms with Crippen LogP contribution >= 0.6 is 24.0 Å². The van der Waals surface area contributed by atoms with Crippen LogP contribution in [-0.4, -0.2) is 71.5 Å². The molecule has 2 rings (SSSR count). The smallest absolute Gasteiger partial charge is 0.193 e. The summed E-state index contributed by atoms with van der Waals surface area (Å²) in [6.45, 7) is 5.53. The van der Waals surface area contributed by atoms with E-state index in [0.717, 1.165) is 57.5 Å². The third-order valence-corrected chi connectivity index (χ3v) is 4.02. The van der Waals surface area contributed by atoms with Gasteiger partial charge in [0.05, 0.1) is 7.11 Å². The van der Waals surface area contributed by atoms with Crippen LogP contribution in [0.1, 0.15) is 6.42 Å². The molecule has 0 bridgehead atoms. The van der Waals surface area contributed by atoms with Crippen molar-refractivity contribution >= 4 is 35.6 Å². The minimum Gasteiger partial charge on any atom is -0.497 e. The molecular formula is C17H29IN4O2. The number of methoxy groups -OCH3 is 2. The molecule has 1 heterocycles. The molecule has 1 aromatic rings. The molecule has 1 saturated heterocycles. The number of anilines is 1. The summed E-state index contributed by atoms with van der Waals surface area (Å²) in [6, 6.07) is 8.24. The first-order chi connectivity index (χ1) is 11.3. The molecule has 0 unspecified atom stereocenters. The molecule has 24 heavy (non-hydrogen) atoms. The fraction of sp³-hybridized carbons (Fsp3) is 0.588. The van der Waals surface area contributed by atoms with E-state index in [0.29, 0.717) is 0 Å². The van der Waals surface area contributed by atoms with Crippen molar-refractivity contribution in [2.24, 2.45) is 4.99 Å². The highest BCUT2D eigenvalue weighted by atomic mass is 127. The van der Waals surface area contributed by atoms with Crippen molar-refractivity contribution in [3.05, 3.63) is 24.3 Å². The second-order valence-electron chi connectivity index (χ2n) is 5.50. The topological polar surface area (TPSA) is 49.3 Å². The zero-order valence-electron chi connectivity index (χ0n) is 14.8. The molecule has 1 aromatic carbocycles. The molecule has 1 fully saturated rings. The maximum absolute atomic E-state index is 5.31. The van der Waals surface area contributed by atoms with Crippen LogP contribution in [0.15, 0.2) is 29.3 Å². The number of hydrogen-bond donors (Lipinski definition) is 1. The fourth-order valence-corrected chi connectivity index (χ4v) is 2.73. The largest absolute Gasteiger partial charge is 0.497 e. The SMILES string of the molecule is CN=C(NCCCOC)N1CCN(c2cccc(OC)c2)CC1.I. The number of aliphatic imine (C=N–C) groups is 1. The molecular weight excluding hydrogens is 419 g/mol. The van der Waals surface area contributed by atoms with Gasteiger partial charge in [0.15, 0.2) is 5.96 Å². The molecule has 1 N–H and O–H groups in total. The predicted octanol–water partition coefficient (Wildman–Crippen LogP) is 2.05. The third-order valence-electron chi connectivity index (χ3n) is 4.02. The lowest BCUT2D eigenvalue weighted by Gasteiger charge is -2.37. The average Bonchev–Trinajstić information content (AvgIpc) is 2.62. The summed E-state index contributed by atoms with van der Waals surface area (Å²) in [5, 5.41) is 3.40. The van der Waals surface area contributed by atoms with Gasteiger partial charge in [0.1, 0.15) is 5.75 Å². The minimum absolute atomic E-state index is 0. The Balaban J connectivity index is 0.00000288. The van der Waals surface area contributed by atoms with Crippen LogP contribution in [-0.2, 0) is 4.74 Å². The Morgan fingerprint density at radius 2 is 1.96 bits per heavy atom. The lowest BCUT2D eigenvalue weighted by Crippen LogP contribution is -2.52. The normalized spacial score (nSPS) is 15.0. The standard InChI is InChI=1S/C17H28N4O2.HI/c1-18-17(19-8-5-13-22-2)21-11-9-20(10-12-21)15-6-4-7-16(14-15)23-3;/h4,6-7,14H,5,8-13H2,1-3H3,(H,18,19);1H. The van der Waals surface area contributed by atoms with Gasteiger partial charge in [-0.15, -0.1) is 24.0 Å². The molecule has 0 spiro atoms. The first-order valence-electron chi connectivity index (χ1n) is 8.12. The molecule has 1 aliphatic rings. The molecule has 6 nitrogen and oxygen atoms in total. The Morgan fingerprint density at radius 1 is 1.21 bits per heavy atom. The molecule has 0 aliphatic carbocycles. The van der Waals surface area contributed by atoms with Gasteiger partial charge in [-0.1, -0.05) is 6.07 Å². The van der Waals surface area contributed by atoms with Crippen molar-refractivity contribution in [3.63, 3.8) is 0 Å². The molecule has 0 atom stereocenters. The number of benzene rings is 1. The zero-order chi connectivity index (χ0) is 16.5. The summed E-state index contributed by atoms with van der Waals surface area (Å²) in [5.74, 6) is 1.88. The molecule has 7 heteroatoms. The highest BCUT2D eigenvalue weighted by molar-refractivity contribution is 14.0. The Labute approximate surface area is 162 Å². The molecule has 136 valence electrons. The lowest BCUT2D eigenvalue weighted by atomic mass is 10.2. The summed E-state index contributed by atoms with van der Waals surface area (Å²) in [5.41, 5.74) is 1.21. The maximum Gasteiger partial charge on any atom is 0.193 e. The highest BCUT2D eigenvalue weighted by Crippen LogP contribution is 2.22. The number of ether oxygens (including phenoxy) is 2. The monoisotopic (exact) mass is 448 g/mol. The summed E-state index contributed by atoms with van der Waals surface area (Å²) in [6.07, 6.45) is 0.985. The van der Waals surface area contributed by atoms with Crippen molar-refractivity contribution in [2.75, 3.05) is 65.5 Å². The Morgan fingerprint density at radius 3 is 2.58 bits per heavy atom. The van der Waals surface area contributed by atoms with Crippen molar-refractivity contribution in [3.8, 4) is 5.75 Å². The molecule has 0 saturated carbocycles. The summed E-state index contributed by atoms with van der Waals surface area (Å²) in [4.78, 5) is 9.08. The van der Waals surface area contributed by atoms with Gasteiger partial charge in [-0.05, 0) is 18.6 Å². The number of nitrogens with one attached hydrogen (secondary N) is 1. The van der Waals surface area contributed by atoms with Crippen LogP contribution in [0, 0.1) is 0 Å². The first-order valence-corrected chi connectivity index (χ1v) is 8.12. The highest BCUT2D eigenvalue weighted by Gasteiger charge is 2.19. The first kappa shape index (κ1) is 20.8. The molecule has 0 amide bonds. The molecule has 0 aromatic heterocycles. The maximum atomic E-state index is 5.31. The van der Waals surface area contributed by atoms with Crippen LogP contribution in [0.25, 0.3) is 0 Å². The van der Waals surface area contributed by atoms with E-state index in [1.807, 2.05) is 19.2 Å². The van der Waals surface area contributed by atoms with E-state index in [9.17, 15) is 0 Å². The van der Waals surface area contributed by atoms with Gasteiger partial charge >= 0.3 is 0 Å². The van der Waals surface area contributed by atoms with E-state index in [1.165, 1.54) is 5.69 Å². The number of piperazine rings is 1. The van der Waals surface area contributed by atoms with E-state index in [-0.39, 0.29) is 24.0 Å². The third kappa shape index (κ3) is 6.01. The van der Waals surface area contributed by atoms with Gasteiger partial charge in [0.2, 0.25) is 0 Å². The number of halogens is 1. The van der Waals surface area contributed by atoms with Crippen molar-refractivity contribution in [1.29, 1.82) is 0 Å². The van der Waals surface area contributed by atoms with Crippen LogP contribution < -0.4 is 15.0 Å². The van der Waals surface area contributed by atoms with Gasteiger partial charge in [-0.3, -0.25) is 4.99 Å². The van der Waals surface area contributed by atoms with Gasteiger partial charge < -0.3 is 24.6 Å². The summed E-state index contributed by atoms with van der Waals surface area (Å²) in [7, 11) is 5.27. The number of nitrogens with zero attached hydrogens (tertiary/aromatic N) is 3. The number of guanidine groups is 1. The van der Waals surface area contributed by atoms with Gasteiger partial charge in [-0.25, -0.2) is 0 Å². The van der Waals surface area contributed by atoms with E-state index in [4.69, 9.17) is 9.47 Å². The second kappa shape index (κ2) is 11.4. The second-order valence-corrected chi connectivity index (χ2v) is 5.50. The Hall–Kier alpha value is -1.22. The van der Waals surface area contributed by atoms with Gasteiger partial charge in [0, 0.05) is 65.2 Å². The van der Waals surface area contributed by atoms with Crippen molar-refractivity contribution in [2.45, 2.75) is 6.42 Å².